The third-order valence-electron chi connectivity index (χ3n) is 2.86. The van der Waals surface area contributed by atoms with Crippen LogP contribution in [0.25, 0.3) is 0 Å². The molecule has 1 aromatic carbocycles. The summed E-state index contributed by atoms with van der Waals surface area (Å²) < 4.78 is 54.7. The number of rotatable bonds is 9. The predicted molar refractivity (Wildman–Crippen MR) is 84.7 cm³/mol. The number of unbranched alkanes of at least 4 members (excludes halogenated alkanes) is 2. The molecule has 126 valence electrons. The maximum atomic E-state index is 11.4. The highest BCUT2D eigenvalue weighted by molar-refractivity contribution is 7.86. The molecular weight excluding hydrogens is 328 g/mol. The van der Waals surface area contributed by atoms with Crippen LogP contribution in [0.2, 0.25) is 0 Å². The summed E-state index contributed by atoms with van der Waals surface area (Å²) in [6.45, 7) is 2.06. The molecule has 0 saturated carbocycles. The van der Waals surface area contributed by atoms with Gasteiger partial charge in [-0.1, -0.05) is 38.3 Å². The standard InChI is InChI=1S/C14H22O6S2/c1-4-5-6-7-14(20-22(3,17)18)12-8-10-13(11-9-12)19-21(2,15)16/h8-11,14H,4-7H2,1-3H3. The summed E-state index contributed by atoms with van der Waals surface area (Å²) in [5.74, 6) is 0.179. The first-order valence-electron chi connectivity index (χ1n) is 6.98. The molecule has 0 aromatic heterocycles. The Morgan fingerprint density at radius 3 is 2.00 bits per heavy atom. The largest absolute Gasteiger partial charge is 0.383 e. The highest BCUT2D eigenvalue weighted by Crippen LogP contribution is 2.27. The monoisotopic (exact) mass is 350 g/mol. The summed E-state index contributed by atoms with van der Waals surface area (Å²) in [5, 5.41) is 0. The average Bonchev–Trinajstić information content (AvgIpc) is 2.35. The highest BCUT2D eigenvalue weighted by atomic mass is 32.2. The van der Waals surface area contributed by atoms with Gasteiger partial charge in [0.15, 0.2) is 0 Å². The van der Waals surface area contributed by atoms with Crippen molar-refractivity contribution < 1.29 is 25.2 Å². The van der Waals surface area contributed by atoms with Gasteiger partial charge in [-0.2, -0.15) is 16.8 Å². The van der Waals surface area contributed by atoms with Crippen LogP contribution < -0.4 is 4.18 Å². The molecule has 0 saturated heterocycles. The highest BCUT2D eigenvalue weighted by Gasteiger charge is 2.18. The molecule has 22 heavy (non-hydrogen) atoms. The van der Waals surface area contributed by atoms with Gasteiger partial charge in [0.05, 0.1) is 12.5 Å². The van der Waals surface area contributed by atoms with Crippen LogP contribution in [0.15, 0.2) is 24.3 Å². The molecule has 8 heteroatoms. The smallest absolute Gasteiger partial charge is 0.306 e. The Balaban J connectivity index is 2.89. The van der Waals surface area contributed by atoms with Crippen molar-refractivity contribution in [2.24, 2.45) is 0 Å². The van der Waals surface area contributed by atoms with E-state index in [1.807, 2.05) is 0 Å². The molecule has 1 atom stereocenters. The van der Waals surface area contributed by atoms with Gasteiger partial charge in [0.2, 0.25) is 0 Å². The van der Waals surface area contributed by atoms with E-state index >= 15 is 0 Å². The lowest BCUT2D eigenvalue weighted by Crippen LogP contribution is -2.11. The second kappa shape index (κ2) is 7.94. The minimum atomic E-state index is -3.58. The predicted octanol–water partition coefficient (Wildman–Crippen LogP) is 2.62. The van der Waals surface area contributed by atoms with Gasteiger partial charge in [-0.15, -0.1) is 0 Å². The Labute approximate surface area is 132 Å². The molecule has 0 aliphatic heterocycles. The Morgan fingerprint density at radius 1 is 0.955 bits per heavy atom. The number of hydrogen-bond acceptors (Lipinski definition) is 6. The fourth-order valence-corrected chi connectivity index (χ4v) is 3.06. The fourth-order valence-electron chi connectivity index (χ4n) is 1.97. The zero-order chi connectivity index (χ0) is 16.8. The summed E-state index contributed by atoms with van der Waals surface area (Å²) in [6, 6.07) is 6.19. The molecule has 1 aromatic rings. The van der Waals surface area contributed by atoms with Crippen molar-refractivity contribution in [1.29, 1.82) is 0 Å². The normalized spacial score (nSPS) is 13.8. The van der Waals surface area contributed by atoms with Gasteiger partial charge in [-0.25, -0.2) is 0 Å². The van der Waals surface area contributed by atoms with Crippen molar-refractivity contribution in [2.75, 3.05) is 12.5 Å². The molecular formula is C14H22O6S2. The molecule has 6 nitrogen and oxygen atoms in total. The second-order valence-corrected chi connectivity index (χ2v) is 8.32. The van der Waals surface area contributed by atoms with Crippen molar-refractivity contribution in [3.8, 4) is 5.75 Å². The molecule has 0 aliphatic carbocycles. The van der Waals surface area contributed by atoms with E-state index in [1.165, 1.54) is 12.1 Å². The van der Waals surface area contributed by atoms with Crippen molar-refractivity contribution in [1.82, 2.24) is 0 Å². The summed E-state index contributed by atoms with van der Waals surface area (Å²) >= 11 is 0. The van der Waals surface area contributed by atoms with E-state index < -0.39 is 26.3 Å². The van der Waals surface area contributed by atoms with Crippen molar-refractivity contribution in [3.63, 3.8) is 0 Å². The van der Waals surface area contributed by atoms with Gasteiger partial charge in [0.1, 0.15) is 11.9 Å². The number of benzene rings is 1. The first-order chi connectivity index (χ1) is 10.1. The van der Waals surface area contributed by atoms with Crippen LogP contribution in [0.5, 0.6) is 5.75 Å². The lowest BCUT2D eigenvalue weighted by Gasteiger charge is -2.17. The molecule has 0 heterocycles. The van der Waals surface area contributed by atoms with Crippen LogP contribution in [0.3, 0.4) is 0 Å². The van der Waals surface area contributed by atoms with Crippen LogP contribution in [0.4, 0.5) is 0 Å². The zero-order valence-corrected chi connectivity index (χ0v) is 14.6. The second-order valence-electron chi connectivity index (χ2n) is 5.14. The van der Waals surface area contributed by atoms with E-state index in [9.17, 15) is 16.8 Å². The molecule has 0 N–H and O–H groups in total. The SMILES string of the molecule is CCCCCC(OS(C)(=O)=O)c1ccc(OS(C)(=O)=O)cc1. The average molecular weight is 350 g/mol. The third-order valence-corrected chi connectivity index (χ3v) is 3.94. The maximum Gasteiger partial charge on any atom is 0.306 e. The van der Waals surface area contributed by atoms with Gasteiger partial charge < -0.3 is 4.18 Å². The summed E-state index contributed by atoms with van der Waals surface area (Å²) in [6.07, 6.45) is 4.83. The summed E-state index contributed by atoms with van der Waals surface area (Å²) in [4.78, 5) is 0. The topological polar surface area (TPSA) is 86.7 Å². The van der Waals surface area contributed by atoms with E-state index in [1.54, 1.807) is 12.1 Å². The quantitative estimate of drug-likeness (QED) is 0.502. The Hall–Kier alpha value is -1.12. The van der Waals surface area contributed by atoms with Gasteiger partial charge in [0, 0.05) is 0 Å². The number of hydrogen-bond donors (Lipinski definition) is 0. The van der Waals surface area contributed by atoms with Gasteiger partial charge in [-0.3, -0.25) is 4.18 Å². The Bertz CT molecular complexity index is 662. The lowest BCUT2D eigenvalue weighted by atomic mass is 10.0. The molecule has 0 fully saturated rings. The summed E-state index contributed by atoms with van der Waals surface area (Å²) in [7, 11) is -7.16. The van der Waals surface area contributed by atoms with Crippen LogP contribution in [-0.4, -0.2) is 29.3 Å². The van der Waals surface area contributed by atoms with Crippen molar-refractivity contribution in [2.45, 2.75) is 38.7 Å². The minimum absolute atomic E-state index is 0.179. The van der Waals surface area contributed by atoms with E-state index in [4.69, 9.17) is 8.37 Å². The molecule has 1 rings (SSSR count). The van der Waals surface area contributed by atoms with Crippen LogP contribution in [0, 0.1) is 0 Å². The molecule has 0 aliphatic rings. The third kappa shape index (κ3) is 7.77. The van der Waals surface area contributed by atoms with Gasteiger partial charge in [-0.05, 0) is 24.1 Å². The van der Waals surface area contributed by atoms with Crippen LogP contribution in [0.1, 0.15) is 44.3 Å². The van der Waals surface area contributed by atoms with E-state index in [0.29, 0.717) is 12.0 Å². The van der Waals surface area contributed by atoms with Gasteiger partial charge >= 0.3 is 10.1 Å². The van der Waals surface area contributed by atoms with Crippen LogP contribution >= 0.6 is 0 Å². The fraction of sp³-hybridized carbons (Fsp3) is 0.571. The molecule has 0 spiro atoms. The summed E-state index contributed by atoms with van der Waals surface area (Å²) in [5.41, 5.74) is 0.669. The maximum absolute atomic E-state index is 11.4. The van der Waals surface area contributed by atoms with Gasteiger partial charge in [0.25, 0.3) is 10.1 Å². The first kappa shape index (κ1) is 18.9. The lowest BCUT2D eigenvalue weighted by molar-refractivity contribution is 0.200. The van der Waals surface area contributed by atoms with E-state index in [-0.39, 0.29) is 5.75 Å². The molecule has 0 bridgehead atoms. The zero-order valence-electron chi connectivity index (χ0n) is 13.0. The minimum Gasteiger partial charge on any atom is -0.383 e. The Kier molecular flexibility index (Phi) is 6.83. The molecule has 0 radical (unpaired) electrons. The van der Waals surface area contributed by atoms with Crippen molar-refractivity contribution in [3.05, 3.63) is 29.8 Å². The Morgan fingerprint density at radius 2 is 1.55 bits per heavy atom. The van der Waals surface area contributed by atoms with Crippen LogP contribution in [-0.2, 0) is 24.4 Å². The molecule has 1 unspecified atom stereocenters. The first-order valence-corrected chi connectivity index (χ1v) is 10.6. The van der Waals surface area contributed by atoms with E-state index in [0.717, 1.165) is 31.8 Å². The molecule has 0 amide bonds. The van der Waals surface area contributed by atoms with E-state index in [2.05, 4.69) is 6.92 Å². The van der Waals surface area contributed by atoms with Crippen molar-refractivity contribution >= 4 is 20.2 Å².